The number of hydrazine groups is 1. The number of halogens is 3. The number of aromatic nitrogens is 1. The van der Waals surface area contributed by atoms with Gasteiger partial charge in [0.2, 0.25) is 5.91 Å². The third-order valence-corrected chi connectivity index (χ3v) is 6.82. The zero-order chi connectivity index (χ0) is 23.1. The van der Waals surface area contributed by atoms with E-state index in [2.05, 4.69) is 22.7 Å². The van der Waals surface area contributed by atoms with E-state index < -0.39 is 35.1 Å². The fourth-order valence-electron chi connectivity index (χ4n) is 3.97. The van der Waals surface area contributed by atoms with E-state index >= 15 is 0 Å². The summed E-state index contributed by atoms with van der Waals surface area (Å²) in [6, 6.07) is 3.94. The van der Waals surface area contributed by atoms with Gasteiger partial charge in [0.15, 0.2) is 0 Å². The molecule has 2 fully saturated rings. The SMILES string of the molecule is CC1CCC2(CC1)NC(=O)N(NC(=O)Cc1csc(-c3ccc(C(F)(F)F)cc3)n1)C2=O. The van der Waals surface area contributed by atoms with Crippen LogP contribution in [0.2, 0.25) is 0 Å². The van der Waals surface area contributed by atoms with Crippen LogP contribution in [0.4, 0.5) is 18.0 Å². The number of imide groups is 1. The van der Waals surface area contributed by atoms with E-state index in [1.165, 1.54) is 23.5 Å². The quantitative estimate of drug-likeness (QED) is 0.669. The van der Waals surface area contributed by atoms with E-state index in [1.807, 2.05) is 0 Å². The topological polar surface area (TPSA) is 91.4 Å². The first kappa shape index (κ1) is 22.3. The number of nitrogens with one attached hydrogen (secondary N) is 2. The first-order valence-corrected chi connectivity index (χ1v) is 11.0. The molecule has 0 bridgehead atoms. The molecule has 170 valence electrons. The fraction of sp³-hybridized carbons (Fsp3) is 0.429. The van der Waals surface area contributed by atoms with Gasteiger partial charge in [-0.25, -0.2) is 9.78 Å². The summed E-state index contributed by atoms with van der Waals surface area (Å²) in [7, 11) is 0. The van der Waals surface area contributed by atoms with E-state index in [9.17, 15) is 27.6 Å². The van der Waals surface area contributed by atoms with E-state index in [0.717, 1.165) is 30.0 Å². The number of rotatable bonds is 4. The van der Waals surface area contributed by atoms with Crippen LogP contribution in [0.5, 0.6) is 0 Å². The maximum Gasteiger partial charge on any atom is 0.416 e. The molecule has 2 aromatic rings. The van der Waals surface area contributed by atoms with Gasteiger partial charge in [0.25, 0.3) is 5.91 Å². The Labute approximate surface area is 186 Å². The van der Waals surface area contributed by atoms with Gasteiger partial charge in [-0.15, -0.1) is 11.3 Å². The zero-order valence-electron chi connectivity index (χ0n) is 17.2. The van der Waals surface area contributed by atoms with Crippen LogP contribution in [0, 0.1) is 5.92 Å². The standard InChI is InChI=1S/C21H21F3N4O3S/c1-12-6-8-20(9-7-12)18(30)28(19(31)26-20)27-16(29)10-15-11-32-17(25-15)13-2-4-14(5-3-13)21(22,23)24/h2-5,11-12H,6-10H2,1H3,(H,26,31)(H,27,29). The lowest BCUT2D eigenvalue weighted by Crippen LogP contribution is -2.51. The monoisotopic (exact) mass is 466 g/mol. The summed E-state index contributed by atoms with van der Waals surface area (Å²) in [5, 5.41) is 5.54. The molecule has 0 radical (unpaired) electrons. The Morgan fingerprint density at radius 1 is 1.25 bits per heavy atom. The van der Waals surface area contributed by atoms with Crippen molar-refractivity contribution in [2.45, 2.75) is 50.7 Å². The van der Waals surface area contributed by atoms with E-state index in [0.29, 0.717) is 35.0 Å². The highest BCUT2D eigenvalue weighted by molar-refractivity contribution is 7.13. The molecule has 32 heavy (non-hydrogen) atoms. The van der Waals surface area contributed by atoms with Crippen molar-refractivity contribution < 1.29 is 27.6 Å². The van der Waals surface area contributed by atoms with Crippen molar-refractivity contribution in [3.8, 4) is 10.6 Å². The Morgan fingerprint density at radius 3 is 2.53 bits per heavy atom. The van der Waals surface area contributed by atoms with Gasteiger partial charge in [-0.2, -0.15) is 18.2 Å². The number of carbonyl (C=O) groups excluding carboxylic acids is 3. The fourth-order valence-corrected chi connectivity index (χ4v) is 4.79. The molecule has 1 spiro atoms. The highest BCUT2D eigenvalue weighted by Gasteiger charge is 2.52. The lowest BCUT2D eigenvalue weighted by Gasteiger charge is -2.33. The first-order chi connectivity index (χ1) is 15.1. The smallest absolute Gasteiger partial charge is 0.322 e. The molecule has 1 aliphatic carbocycles. The van der Waals surface area contributed by atoms with Crippen LogP contribution in [0.1, 0.15) is 43.9 Å². The van der Waals surface area contributed by atoms with Crippen LogP contribution in [0.15, 0.2) is 29.6 Å². The average Bonchev–Trinajstić information content (AvgIpc) is 3.29. The van der Waals surface area contributed by atoms with Crippen LogP contribution >= 0.6 is 11.3 Å². The van der Waals surface area contributed by atoms with Crippen LogP contribution in [-0.2, 0) is 22.2 Å². The summed E-state index contributed by atoms with van der Waals surface area (Å²) < 4.78 is 38.1. The van der Waals surface area contributed by atoms with Gasteiger partial charge >= 0.3 is 12.2 Å². The molecule has 4 rings (SSSR count). The van der Waals surface area contributed by atoms with Crippen molar-refractivity contribution in [2.24, 2.45) is 5.92 Å². The number of hydrogen-bond acceptors (Lipinski definition) is 5. The van der Waals surface area contributed by atoms with Crippen molar-refractivity contribution >= 4 is 29.2 Å². The van der Waals surface area contributed by atoms with Gasteiger partial charge in [0.05, 0.1) is 17.7 Å². The molecule has 1 aromatic heterocycles. The van der Waals surface area contributed by atoms with Crippen molar-refractivity contribution in [3.05, 3.63) is 40.9 Å². The van der Waals surface area contributed by atoms with E-state index in [4.69, 9.17) is 0 Å². The van der Waals surface area contributed by atoms with Crippen molar-refractivity contribution in [3.63, 3.8) is 0 Å². The molecular weight excluding hydrogens is 445 g/mol. The molecular formula is C21H21F3N4O3S. The van der Waals surface area contributed by atoms with Crippen molar-refractivity contribution in [1.29, 1.82) is 0 Å². The van der Waals surface area contributed by atoms with E-state index in [-0.39, 0.29) is 6.42 Å². The number of carbonyl (C=O) groups is 3. The minimum absolute atomic E-state index is 0.182. The molecule has 2 aliphatic rings. The Bertz CT molecular complexity index is 1040. The number of benzene rings is 1. The molecule has 0 atom stereocenters. The molecule has 2 heterocycles. The largest absolute Gasteiger partial charge is 0.416 e. The number of urea groups is 1. The summed E-state index contributed by atoms with van der Waals surface area (Å²) in [4.78, 5) is 41.8. The van der Waals surface area contributed by atoms with Gasteiger partial charge in [-0.1, -0.05) is 19.1 Å². The number of hydrogen-bond donors (Lipinski definition) is 2. The lowest BCUT2D eigenvalue weighted by atomic mass is 9.77. The Hall–Kier alpha value is -2.95. The minimum Gasteiger partial charge on any atom is -0.322 e. The van der Waals surface area contributed by atoms with Crippen LogP contribution in [0.3, 0.4) is 0 Å². The normalized spacial score (nSPS) is 23.5. The van der Waals surface area contributed by atoms with Crippen LogP contribution in [0.25, 0.3) is 10.6 Å². The Morgan fingerprint density at radius 2 is 1.91 bits per heavy atom. The van der Waals surface area contributed by atoms with Crippen molar-refractivity contribution in [1.82, 2.24) is 20.7 Å². The second-order valence-corrected chi connectivity index (χ2v) is 9.12. The van der Waals surface area contributed by atoms with E-state index in [1.54, 1.807) is 5.38 Å². The maximum atomic E-state index is 12.8. The highest BCUT2D eigenvalue weighted by atomic mass is 32.1. The Balaban J connectivity index is 1.38. The third-order valence-electron chi connectivity index (χ3n) is 5.88. The molecule has 1 aromatic carbocycles. The van der Waals surface area contributed by atoms with Crippen LogP contribution < -0.4 is 10.7 Å². The van der Waals surface area contributed by atoms with Gasteiger partial charge in [-0.05, 0) is 43.7 Å². The van der Waals surface area contributed by atoms with Gasteiger partial charge in [0.1, 0.15) is 10.5 Å². The number of thiazole rings is 1. The molecule has 4 amide bonds. The minimum atomic E-state index is -4.42. The summed E-state index contributed by atoms with van der Waals surface area (Å²) in [6.45, 7) is 2.10. The first-order valence-electron chi connectivity index (χ1n) is 10.2. The molecule has 7 nitrogen and oxygen atoms in total. The molecule has 1 saturated carbocycles. The summed E-state index contributed by atoms with van der Waals surface area (Å²) in [6.07, 6.45) is -1.89. The molecule has 0 unspecified atom stereocenters. The number of amides is 4. The maximum absolute atomic E-state index is 12.8. The number of nitrogens with zero attached hydrogens (tertiary/aromatic N) is 2. The zero-order valence-corrected chi connectivity index (χ0v) is 18.0. The Kier molecular flexibility index (Phi) is 5.70. The second kappa shape index (κ2) is 8.19. The van der Waals surface area contributed by atoms with Gasteiger partial charge < -0.3 is 5.32 Å². The second-order valence-electron chi connectivity index (χ2n) is 8.27. The highest BCUT2D eigenvalue weighted by Crippen LogP contribution is 2.36. The predicted octanol–water partition coefficient (Wildman–Crippen LogP) is 3.90. The molecule has 2 N–H and O–H groups in total. The van der Waals surface area contributed by atoms with Gasteiger partial charge in [0, 0.05) is 10.9 Å². The molecule has 11 heteroatoms. The summed E-state index contributed by atoms with van der Waals surface area (Å²) in [5.41, 5.74) is 1.53. The number of alkyl halides is 3. The lowest BCUT2D eigenvalue weighted by molar-refractivity contribution is -0.139. The van der Waals surface area contributed by atoms with Crippen LogP contribution in [-0.4, -0.2) is 33.4 Å². The third kappa shape index (κ3) is 4.34. The summed E-state index contributed by atoms with van der Waals surface area (Å²) in [5.74, 6) is -0.553. The average molecular weight is 466 g/mol. The van der Waals surface area contributed by atoms with Crippen molar-refractivity contribution in [2.75, 3.05) is 0 Å². The predicted molar refractivity (Wildman–Crippen MR) is 110 cm³/mol. The molecule has 1 aliphatic heterocycles. The summed E-state index contributed by atoms with van der Waals surface area (Å²) >= 11 is 1.19. The molecule has 1 saturated heterocycles. The van der Waals surface area contributed by atoms with Gasteiger partial charge in [-0.3, -0.25) is 15.0 Å².